The zero-order valence-corrected chi connectivity index (χ0v) is 16.5. The Balaban J connectivity index is 1.59. The van der Waals surface area contributed by atoms with Crippen molar-refractivity contribution in [2.45, 2.75) is 37.1 Å². The summed E-state index contributed by atoms with van der Waals surface area (Å²) in [4.78, 5) is 12.3. The van der Waals surface area contributed by atoms with Gasteiger partial charge in [-0.25, -0.2) is 13.1 Å². The lowest BCUT2D eigenvalue weighted by Gasteiger charge is -2.12. The maximum absolute atomic E-state index is 12.3. The van der Waals surface area contributed by atoms with Crippen LogP contribution in [0.15, 0.2) is 53.4 Å². The molecule has 1 fully saturated rings. The van der Waals surface area contributed by atoms with Crippen LogP contribution in [0.25, 0.3) is 0 Å². The lowest BCUT2D eigenvalue weighted by Crippen LogP contribution is -2.26. The van der Waals surface area contributed by atoms with Crippen LogP contribution < -0.4 is 19.5 Å². The van der Waals surface area contributed by atoms with E-state index in [-0.39, 0.29) is 17.5 Å². The van der Waals surface area contributed by atoms with Crippen LogP contribution in [0, 0.1) is 0 Å². The third-order valence-electron chi connectivity index (χ3n) is 4.00. The molecule has 3 rings (SSSR count). The molecule has 0 aliphatic heterocycles. The van der Waals surface area contributed by atoms with Crippen LogP contribution in [0.4, 0.5) is 5.69 Å². The van der Waals surface area contributed by atoms with E-state index in [2.05, 4.69) is 10.0 Å². The van der Waals surface area contributed by atoms with Gasteiger partial charge >= 0.3 is 0 Å². The topological polar surface area (TPSA) is 93.7 Å². The molecular formula is C20H24N2O5S. The molecule has 0 bridgehead atoms. The predicted molar refractivity (Wildman–Crippen MR) is 106 cm³/mol. The number of benzene rings is 2. The minimum Gasteiger partial charge on any atom is -0.490 e. The van der Waals surface area contributed by atoms with Crippen LogP contribution in [0.2, 0.25) is 0 Å². The van der Waals surface area contributed by atoms with Gasteiger partial charge in [-0.15, -0.1) is 0 Å². The van der Waals surface area contributed by atoms with Crippen LogP contribution in [0.1, 0.15) is 26.2 Å². The van der Waals surface area contributed by atoms with Crippen molar-refractivity contribution in [1.29, 1.82) is 0 Å². The average Bonchev–Trinajstić information content (AvgIpc) is 3.49. The summed E-state index contributed by atoms with van der Waals surface area (Å²) in [6.07, 6.45) is 2.58. The van der Waals surface area contributed by atoms with Gasteiger partial charge in [0.15, 0.2) is 18.1 Å². The molecule has 2 aromatic carbocycles. The molecule has 0 heterocycles. The summed E-state index contributed by atoms with van der Waals surface area (Å²) in [5, 5.41) is 2.66. The van der Waals surface area contributed by atoms with Gasteiger partial charge in [0.1, 0.15) is 0 Å². The maximum Gasteiger partial charge on any atom is 0.262 e. The lowest BCUT2D eigenvalue weighted by atomic mass is 10.3. The number of anilines is 1. The van der Waals surface area contributed by atoms with Crippen molar-refractivity contribution in [3.63, 3.8) is 0 Å². The third kappa shape index (κ3) is 5.71. The van der Waals surface area contributed by atoms with E-state index in [0.717, 1.165) is 19.3 Å². The van der Waals surface area contributed by atoms with Gasteiger partial charge in [-0.3, -0.25) is 4.79 Å². The molecule has 1 aliphatic rings. The molecule has 0 unspecified atom stereocenters. The van der Waals surface area contributed by atoms with Gasteiger partial charge < -0.3 is 14.8 Å². The first-order valence-electron chi connectivity index (χ1n) is 9.25. The molecule has 0 spiro atoms. The average molecular weight is 404 g/mol. The summed E-state index contributed by atoms with van der Waals surface area (Å²) in [6, 6.07) is 13.3. The van der Waals surface area contributed by atoms with Crippen LogP contribution >= 0.6 is 0 Å². The van der Waals surface area contributed by atoms with E-state index in [4.69, 9.17) is 9.47 Å². The molecule has 150 valence electrons. The Bertz CT molecular complexity index is 926. The van der Waals surface area contributed by atoms with E-state index in [9.17, 15) is 13.2 Å². The van der Waals surface area contributed by atoms with E-state index in [1.165, 1.54) is 12.1 Å². The molecule has 1 aliphatic carbocycles. The minimum atomic E-state index is -3.57. The second kappa shape index (κ2) is 9.07. The van der Waals surface area contributed by atoms with Crippen molar-refractivity contribution in [2.75, 3.05) is 18.5 Å². The summed E-state index contributed by atoms with van der Waals surface area (Å²) < 4.78 is 38.4. The summed E-state index contributed by atoms with van der Waals surface area (Å²) in [6.45, 7) is 2.35. The molecule has 7 nitrogen and oxygen atoms in total. The zero-order chi connectivity index (χ0) is 20.0. The molecule has 0 aromatic heterocycles. The highest BCUT2D eigenvalue weighted by Crippen LogP contribution is 2.27. The van der Waals surface area contributed by atoms with Gasteiger partial charge in [-0.1, -0.05) is 25.1 Å². The maximum atomic E-state index is 12.3. The van der Waals surface area contributed by atoms with Gasteiger partial charge in [0.05, 0.1) is 11.5 Å². The second-order valence-electron chi connectivity index (χ2n) is 6.56. The number of para-hydroxylation sites is 2. The number of ether oxygens (including phenoxy) is 2. The van der Waals surface area contributed by atoms with Crippen molar-refractivity contribution < 1.29 is 22.7 Å². The number of carbonyl (C=O) groups excluding carboxylic acids is 1. The van der Waals surface area contributed by atoms with Gasteiger partial charge in [-0.05, 0) is 49.6 Å². The Kier molecular flexibility index (Phi) is 6.53. The molecule has 1 amide bonds. The highest BCUT2D eigenvalue weighted by molar-refractivity contribution is 7.89. The quantitative estimate of drug-likeness (QED) is 0.635. The van der Waals surface area contributed by atoms with Crippen LogP contribution in [-0.2, 0) is 14.8 Å². The Morgan fingerprint density at radius 2 is 1.79 bits per heavy atom. The molecule has 0 saturated heterocycles. The predicted octanol–water partition coefficient (Wildman–Crippen LogP) is 2.93. The summed E-state index contributed by atoms with van der Waals surface area (Å²) in [7, 11) is -3.57. The molecule has 0 radical (unpaired) electrons. The smallest absolute Gasteiger partial charge is 0.262 e. The van der Waals surface area contributed by atoms with Crippen LogP contribution in [0.3, 0.4) is 0 Å². The standard InChI is InChI=1S/C20H24N2O5S/c1-2-12-26-18-8-3-4-9-19(18)27-14-20(23)21-16-6-5-7-17(13-16)28(24,25)22-15-10-11-15/h3-9,13,15,22H,2,10-12,14H2,1H3,(H,21,23). The number of amides is 1. The van der Waals surface area contributed by atoms with E-state index in [0.29, 0.717) is 23.8 Å². The fourth-order valence-electron chi connectivity index (χ4n) is 2.47. The van der Waals surface area contributed by atoms with Gasteiger partial charge in [0.25, 0.3) is 5.91 Å². The largest absolute Gasteiger partial charge is 0.490 e. The molecule has 2 aromatic rings. The molecule has 2 N–H and O–H groups in total. The Labute approximate surface area is 165 Å². The summed E-state index contributed by atoms with van der Waals surface area (Å²) in [5.74, 6) is 0.669. The van der Waals surface area contributed by atoms with Gasteiger partial charge in [0.2, 0.25) is 10.0 Å². The minimum absolute atomic E-state index is 0.0200. The fourth-order valence-corrected chi connectivity index (χ4v) is 3.82. The molecule has 1 saturated carbocycles. The van der Waals surface area contributed by atoms with Crippen molar-refractivity contribution in [3.05, 3.63) is 48.5 Å². The number of hydrogen-bond donors (Lipinski definition) is 2. The first-order chi connectivity index (χ1) is 13.5. The van der Waals surface area contributed by atoms with E-state index >= 15 is 0 Å². The monoisotopic (exact) mass is 404 g/mol. The number of carbonyl (C=O) groups is 1. The van der Waals surface area contributed by atoms with Crippen molar-refractivity contribution in [1.82, 2.24) is 4.72 Å². The van der Waals surface area contributed by atoms with Gasteiger partial charge in [0, 0.05) is 11.7 Å². The normalized spacial score (nSPS) is 13.8. The first kappa shape index (κ1) is 20.2. The molecule has 28 heavy (non-hydrogen) atoms. The summed E-state index contributed by atoms with van der Waals surface area (Å²) >= 11 is 0. The molecule has 8 heteroatoms. The number of rotatable bonds is 10. The van der Waals surface area contributed by atoms with Crippen LogP contribution in [-0.4, -0.2) is 33.6 Å². The second-order valence-corrected chi connectivity index (χ2v) is 8.27. The molecule has 0 atom stereocenters. The highest BCUT2D eigenvalue weighted by atomic mass is 32.2. The Morgan fingerprint density at radius 3 is 2.46 bits per heavy atom. The summed E-state index contributed by atoms with van der Waals surface area (Å²) in [5.41, 5.74) is 0.391. The third-order valence-corrected chi connectivity index (χ3v) is 5.52. The number of nitrogens with one attached hydrogen (secondary N) is 2. The first-order valence-corrected chi connectivity index (χ1v) is 10.7. The Morgan fingerprint density at radius 1 is 1.07 bits per heavy atom. The SMILES string of the molecule is CCCOc1ccccc1OCC(=O)Nc1cccc(S(=O)(=O)NC2CC2)c1. The van der Waals surface area contributed by atoms with Crippen molar-refractivity contribution in [3.8, 4) is 11.5 Å². The Hall–Kier alpha value is -2.58. The number of hydrogen-bond acceptors (Lipinski definition) is 5. The number of sulfonamides is 1. The van der Waals surface area contributed by atoms with E-state index in [1.54, 1.807) is 30.3 Å². The van der Waals surface area contributed by atoms with E-state index in [1.807, 2.05) is 13.0 Å². The highest BCUT2D eigenvalue weighted by Gasteiger charge is 2.28. The zero-order valence-electron chi connectivity index (χ0n) is 15.7. The lowest BCUT2D eigenvalue weighted by molar-refractivity contribution is -0.118. The van der Waals surface area contributed by atoms with Crippen LogP contribution in [0.5, 0.6) is 11.5 Å². The van der Waals surface area contributed by atoms with Crippen molar-refractivity contribution in [2.24, 2.45) is 0 Å². The van der Waals surface area contributed by atoms with Gasteiger partial charge in [-0.2, -0.15) is 0 Å². The molecular weight excluding hydrogens is 380 g/mol. The van der Waals surface area contributed by atoms with E-state index < -0.39 is 15.9 Å². The fraction of sp³-hybridized carbons (Fsp3) is 0.350. The van der Waals surface area contributed by atoms with Crippen molar-refractivity contribution >= 4 is 21.6 Å².